The van der Waals surface area contributed by atoms with Crippen molar-refractivity contribution >= 4 is 60.6 Å². The Kier molecular flexibility index (Phi) is 19.5. The van der Waals surface area contributed by atoms with Crippen LogP contribution in [0.3, 0.4) is 0 Å². The number of pyridine rings is 3. The molecule has 3 aromatic rings. The third kappa shape index (κ3) is 15.4. The SMILES string of the molecule is Cl.Fc1cnccc1CCl.O=C(O)c1ccncc1F.O=S(Cl)Cl.OCc1ccncc1F. The maximum Gasteiger partial charge on any atom is 0.338 e. The van der Waals surface area contributed by atoms with Crippen molar-refractivity contribution in [1.29, 1.82) is 0 Å². The normalized spacial score (nSPS) is 9.09. The van der Waals surface area contributed by atoms with Crippen LogP contribution in [0.2, 0.25) is 0 Å². The first-order valence-electron chi connectivity index (χ1n) is 8.04. The summed E-state index contributed by atoms with van der Waals surface area (Å²) in [6.45, 7) is -0.269. The molecule has 3 aromatic heterocycles. The van der Waals surface area contributed by atoms with Crippen molar-refractivity contribution in [2.45, 2.75) is 12.5 Å². The van der Waals surface area contributed by atoms with Gasteiger partial charge in [0.25, 0.3) is 0 Å². The van der Waals surface area contributed by atoms with Gasteiger partial charge in [-0.3, -0.25) is 15.0 Å². The molecule has 0 unspecified atom stereocenters. The number of hydrogen-bond acceptors (Lipinski definition) is 6. The second-order valence-corrected chi connectivity index (χ2v) is 7.86. The van der Waals surface area contributed by atoms with Gasteiger partial charge in [0.2, 0.25) is 9.23 Å². The molecular formula is C18H16Cl4F3N3O4S. The molecule has 0 fully saturated rings. The number of aromatic nitrogens is 3. The van der Waals surface area contributed by atoms with Crippen LogP contribution in [0, 0.1) is 17.5 Å². The average molecular weight is 569 g/mol. The van der Waals surface area contributed by atoms with E-state index in [1.54, 1.807) is 6.07 Å². The lowest BCUT2D eigenvalue weighted by atomic mass is 10.3. The maximum absolute atomic E-state index is 12.4. The molecule has 33 heavy (non-hydrogen) atoms. The quantitative estimate of drug-likeness (QED) is 0.335. The Bertz CT molecular complexity index is 960. The van der Waals surface area contributed by atoms with Crippen LogP contribution in [0.15, 0.2) is 55.4 Å². The standard InChI is InChI=1S/C6H5ClFN.C6H4FNO2.C6H6FNO.Cl2OS.ClH/c7-3-5-1-2-9-4-6(5)8;7-5-3-8-2-1-4(5)6(9)10;7-6-3-8-2-1-5(6)4-9;1-4(2)3;/h1-2,4H,3H2;1-3H,(H,9,10);1-3,9H,4H2;;1H. The van der Waals surface area contributed by atoms with E-state index in [0.717, 1.165) is 24.7 Å². The van der Waals surface area contributed by atoms with Crippen molar-refractivity contribution in [2.75, 3.05) is 0 Å². The average Bonchev–Trinajstić information content (AvgIpc) is 2.75. The molecule has 0 aromatic carbocycles. The van der Waals surface area contributed by atoms with Gasteiger partial charge >= 0.3 is 5.97 Å². The first kappa shape index (κ1) is 33.2. The van der Waals surface area contributed by atoms with Crippen LogP contribution >= 0.6 is 45.4 Å². The van der Waals surface area contributed by atoms with Crippen molar-refractivity contribution in [3.63, 3.8) is 0 Å². The van der Waals surface area contributed by atoms with Gasteiger partial charge in [-0.15, -0.1) is 24.0 Å². The zero-order valence-electron chi connectivity index (χ0n) is 16.2. The summed E-state index contributed by atoms with van der Waals surface area (Å²) < 4.78 is 46.3. The van der Waals surface area contributed by atoms with Crippen LogP contribution in [-0.4, -0.2) is 35.3 Å². The molecule has 0 radical (unpaired) electrons. The molecule has 0 spiro atoms. The van der Waals surface area contributed by atoms with Gasteiger partial charge in [-0.2, -0.15) is 0 Å². The molecule has 0 amide bonds. The molecule has 182 valence electrons. The number of halogens is 7. The van der Waals surface area contributed by atoms with Crippen LogP contribution in [0.4, 0.5) is 13.2 Å². The molecule has 3 rings (SSSR count). The van der Waals surface area contributed by atoms with Gasteiger partial charge in [-0.1, -0.05) is 0 Å². The van der Waals surface area contributed by atoms with Crippen molar-refractivity contribution in [2.24, 2.45) is 0 Å². The van der Waals surface area contributed by atoms with E-state index in [1.807, 2.05) is 0 Å². The number of carboxylic acids is 1. The van der Waals surface area contributed by atoms with E-state index in [9.17, 15) is 18.0 Å². The van der Waals surface area contributed by atoms with Crippen LogP contribution in [-0.2, 0) is 21.7 Å². The highest BCUT2D eigenvalue weighted by molar-refractivity contribution is 8.26. The number of hydrogen-bond donors (Lipinski definition) is 2. The Labute approximate surface area is 209 Å². The van der Waals surface area contributed by atoms with Gasteiger partial charge in [0.05, 0.1) is 36.6 Å². The minimum atomic E-state index is -1.67. The smallest absolute Gasteiger partial charge is 0.338 e. The third-order valence-corrected chi connectivity index (χ3v) is 3.32. The third-order valence-electron chi connectivity index (χ3n) is 3.03. The van der Waals surface area contributed by atoms with Crippen LogP contribution in [0.5, 0.6) is 0 Å². The van der Waals surface area contributed by atoms with Crippen molar-refractivity contribution in [3.8, 4) is 0 Å². The minimum absolute atomic E-state index is 0. The first-order chi connectivity index (χ1) is 15.1. The second-order valence-electron chi connectivity index (χ2n) is 5.07. The van der Waals surface area contributed by atoms with Crippen molar-refractivity contribution in [1.82, 2.24) is 15.0 Å². The molecule has 0 aliphatic rings. The zero-order chi connectivity index (χ0) is 24.5. The second kappa shape index (κ2) is 19.4. The monoisotopic (exact) mass is 567 g/mol. The number of nitrogens with zero attached hydrogens (tertiary/aromatic N) is 3. The minimum Gasteiger partial charge on any atom is -0.478 e. The summed E-state index contributed by atoms with van der Waals surface area (Å²) in [6.07, 6.45) is 7.27. The van der Waals surface area contributed by atoms with Crippen molar-refractivity contribution < 1.29 is 32.4 Å². The highest BCUT2D eigenvalue weighted by atomic mass is 36.0. The molecule has 3 heterocycles. The summed E-state index contributed by atoms with van der Waals surface area (Å²) in [4.78, 5) is 20.6. The lowest BCUT2D eigenvalue weighted by Crippen LogP contribution is -1.99. The zero-order valence-corrected chi connectivity index (χ0v) is 20.1. The molecule has 0 saturated carbocycles. The highest BCUT2D eigenvalue weighted by Gasteiger charge is 2.07. The van der Waals surface area contributed by atoms with E-state index >= 15 is 0 Å². The summed E-state index contributed by atoms with van der Waals surface area (Å²) >= 11 is 5.36. The molecule has 0 aliphatic heterocycles. The van der Waals surface area contributed by atoms with E-state index in [4.69, 9.17) is 26.0 Å². The molecule has 0 aliphatic carbocycles. The Hall–Kier alpha value is -2.02. The summed E-state index contributed by atoms with van der Waals surface area (Å²) in [5.74, 6) is -2.68. The fourth-order valence-corrected chi connectivity index (χ4v) is 1.81. The highest BCUT2D eigenvalue weighted by Crippen LogP contribution is 2.06. The number of carboxylic acid groups (broad SMARTS) is 1. The van der Waals surface area contributed by atoms with Gasteiger partial charge in [0, 0.05) is 51.1 Å². The number of alkyl halides is 1. The lowest BCUT2D eigenvalue weighted by Gasteiger charge is -1.93. The molecule has 0 bridgehead atoms. The number of aliphatic hydroxyl groups excluding tert-OH is 1. The number of aliphatic hydroxyl groups is 1. The first-order valence-corrected chi connectivity index (χ1v) is 11.4. The fourth-order valence-electron chi connectivity index (χ4n) is 1.59. The molecular weight excluding hydrogens is 553 g/mol. The largest absolute Gasteiger partial charge is 0.478 e. The predicted molar refractivity (Wildman–Crippen MR) is 122 cm³/mol. The summed E-state index contributed by atoms with van der Waals surface area (Å²) in [5.41, 5.74) is 0.423. The van der Waals surface area contributed by atoms with E-state index in [-0.39, 0.29) is 41.8 Å². The predicted octanol–water partition coefficient (Wildman–Crippen LogP) is 5.06. The van der Waals surface area contributed by atoms with E-state index in [1.165, 1.54) is 24.7 Å². The Morgan fingerprint density at radius 1 is 0.879 bits per heavy atom. The van der Waals surface area contributed by atoms with Gasteiger partial charge in [0.15, 0.2) is 5.82 Å². The summed E-state index contributed by atoms with van der Waals surface area (Å²) in [6, 6.07) is 4.11. The van der Waals surface area contributed by atoms with E-state index in [2.05, 4.69) is 36.3 Å². The summed E-state index contributed by atoms with van der Waals surface area (Å²) in [5, 5.41) is 16.7. The van der Waals surface area contributed by atoms with Gasteiger partial charge in [-0.25, -0.2) is 22.2 Å². The Morgan fingerprint density at radius 3 is 1.52 bits per heavy atom. The summed E-state index contributed by atoms with van der Waals surface area (Å²) in [7, 11) is 7.36. The van der Waals surface area contributed by atoms with Crippen LogP contribution in [0.25, 0.3) is 0 Å². The number of rotatable bonds is 3. The van der Waals surface area contributed by atoms with Gasteiger partial charge in [0.1, 0.15) is 11.6 Å². The molecule has 15 heteroatoms. The molecule has 2 N–H and O–H groups in total. The van der Waals surface area contributed by atoms with Crippen LogP contribution in [0.1, 0.15) is 21.5 Å². The molecule has 0 atom stereocenters. The molecule has 7 nitrogen and oxygen atoms in total. The van der Waals surface area contributed by atoms with Crippen molar-refractivity contribution in [3.05, 3.63) is 89.5 Å². The number of aromatic carboxylic acids is 1. The van der Waals surface area contributed by atoms with Gasteiger partial charge in [-0.05, 0) is 18.2 Å². The Balaban J connectivity index is 0. The Morgan fingerprint density at radius 2 is 1.27 bits per heavy atom. The maximum atomic E-state index is 12.4. The molecule has 0 saturated heterocycles. The number of carbonyl (C=O) groups is 1. The van der Waals surface area contributed by atoms with Crippen LogP contribution < -0.4 is 0 Å². The van der Waals surface area contributed by atoms with Gasteiger partial charge < -0.3 is 10.2 Å². The van der Waals surface area contributed by atoms with E-state index in [0.29, 0.717) is 5.56 Å². The fraction of sp³-hybridized carbons (Fsp3) is 0.111. The topological polar surface area (TPSA) is 113 Å². The van der Waals surface area contributed by atoms with E-state index < -0.39 is 26.8 Å². The lowest BCUT2D eigenvalue weighted by molar-refractivity contribution is 0.0691.